The van der Waals surface area contributed by atoms with Crippen LogP contribution in [0.4, 0.5) is 0 Å². The zero-order valence-corrected chi connectivity index (χ0v) is 9.39. The highest BCUT2D eigenvalue weighted by molar-refractivity contribution is 5.23. The van der Waals surface area contributed by atoms with Gasteiger partial charge in [0.05, 0.1) is 0 Å². The van der Waals surface area contributed by atoms with E-state index >= 15 is 0 Å². The Labute approximate surface area is 80.4 Å². The molecular formula is C11H18N2. The van der Waals surface area contributed by atoms with E-state index in [9.17, 15) is 0 Å². The lowest BCUT2D eigenvalue weighted by molar-refractivity contribution is 0.539. The van der Waals surface area contributed by atoms with Crippen molar-refractivity contribution in [3.05, 3.63) is 22.8 Å². The first-order chi connectivity index (χ1) is 5.82. The fourth-order valence-corrected chi connectivity index (χ4v) is 1.11. The third-order valence-corrected chi connectivity index (χ3v) is 2.30. The number of hydrogen-bond donors (Lipinski definition) is 0. The molecular weight excluding hydrogens is 160 g/mol. The predicted octanol–water partition coefficient (Wildman–Crippen LogP) is 2.70. The summed E-state index contributed by atoms with van der Waals surface area (Å²) in [5, 5.41) is 0. The molecule has 13 heavy (non-hydrogen) atoms. The van der Waals surface area contributed by atoms with Crippen LogP contribution in [0.25, 0.3) is 0 Å². The highest BCUT2D eigenvalue weighted by atomic mass is 14.9. The van der Waals surface area contributed by atoms with E-state index in [1.54, 1.807) is 0 Å². The van der Waals surface area contributed by atoms with Crippen molar-refractivity contribution in [3.63, 3.8) is 0 Å². The minimum atomic E-state index is 0.0449. The molecule has 1 aromatic rings. The zero-order valence-electron chi connectivity index (χ0n) is 9.39. The van der Waals surface area contributed by atoms with Crippen LogP contribution in [-0.2, 0) is 5.41 Å². The molecule has 72 valence electrons. The summed E-state index contributed by atoms with van der Waals surface area (Å²) in [5.74, 6) is 0.938. The Bertz CT molecular complexity index is 298. The molecule has 0 atom stereocenters. The predicted molar refractivity (Wildman–Crippen MR) is 54.9 cm³/mol. The lowest BCUT2D eigenvalue weighted by Gasteiger charge is -2.18. The van der Waals surface area contributed by atoms with Crippen LogP contribution in [0.15, 0.2) is 0 Å². The van der Waals surface area contributed by atoms with Gasteiger partial charge in [-0.1, -0.05) is 20.8 Å². The maximum atomic E-state index is 4.49. The highest BCUT2D eigenvalue weighted by Crippen LogP contribution is 2.20. The first-order valence-electron chi connectivity index (χ1n) is 4.64. The summed E-state index contributed by atoms with van der Waals surface area (Å²) in [6.45, 7) is 12.6. The molecule has 0 aliphatic rings. The van der Waals surface area contributed by atoms with Crippen molar-refractivity contribution in [2.75, 3.05) is 0 Å². The summed E-state index contributed by atoms with van der Waals surface area (Å²) in [6.07, 6.45) is 0. The monoisotopic (exact) mass is 178 g/mol. The van der Waals surface area contributed by atoms with Crippen LogP contribution >= 0.6 is 0 Å². The Kier molecular flexibility index (Phi) is 2.42. The average Bonchev–Trinajstić information content (AvgIpc) is 1.97. The molecule has 0 saturated carbocycles. The Morgan fingerprint density at radius 1 is 0.846 bits per heavy atom. The molecule has 0 bridgehead atoms. The van der Waals surface area contributed by atoms with Gasteiger partial charge in [-0.25, -0.2) is 9.97 Å². The van der Waals surface area contributed by atoms with Crippen LogP contribution in [-0.4, -0.2) is 9.97 Å². The lowest BCUT2D eigenvalue weighted by Crippen LogP contribution is -2.18. The van der Waals surface area contributed by atoms with Crippen LogP contribution in [0.1, 0.15) is 43.5 Å². The second-order valence-corrected chi connectivity index (χ2v) is 4.59. The molecule has 0 radical (unpaired) electrons. The van der Waals surface area contributed by atoms with Gasteiger partial charge in [-0.05, 0) is 26.3 Å². The summed E-state index contributed by atoms with van der Waals surface area (Å²) in [4.78, 5) is 8.99. The Morgan fingerprint density at radius 2 is 1.23 bits per heavy atom. The van der Waals surface area contributed by atoms with Gasteiger partial charge in [-0.15, -0.1) is 0 Å². The first-order valence-corrected chi connectivity index (χ1v) is 4.64. The standard InChI is InChI=1S/C11H18N2/c1-7-8(2)12-10(11(4,5)6)13-9(7)3/h1-6H3. The van der Waals surface area contributed by atoms with Crippen molar-refractivity contribution in [2.45, 2.75) is 47.0 Å². The van der Waals surface area contributed by atoms with Gasteiger partial charge in [-0.3, -0.25) is 0 Å². The minimum absolute atomic E-state index is 0.0449. The van der Waals surface area contributed by atoms with Crippen LogP contribution in [0.3, 0.4) is 0 Å². The number of nitrogens with zero attached hydrogens (tertiary/aromatic N) is 2. The van der Waals surface area contributed by atoms with E-state index < -0.39 is 0 Å². The van der Waals surface area contributed by atoms with Crippen molar-refractivity contribution < 1.29 is 0 Å². The average molecular weight is 178 g/mol. The molecule has 1 rings (SSSR count). The van der Waals surface area contributed by atoms with Gasteiger partial charge in [0.15, 0.2) is 0 Å². The maximum absolute atomic E-state index is 4.49. The van der Waals surface area contributed by atoms with Crippen molar-refractivity contribution in [3.8, 4) is 0 Å². The lowest BCUT2D eigenvalue weighted by atomic mass is 9.95. The Hall–Kier alpha value is -0.920. The fraction of sp³-hybridized carbons (Fsp3) is 0.636. The van der Waals surface area contributed by atoms with E-state index in [0.29, 0.717) is 0 Å². The molecule has 0 amide bonds. The summed E-state index contributed by atoms with van der Waals surface area (Å²) in [6, 6.07) is 0. The first kappa shape index (κ1) is 10.2. The molecule has 0 saturated heterocycles. The Morgan fingerprint density at radius 3 is 1.54 bits per heavy atom. The van der Waals surface area contributed by atoms with Gasteiger partial charge in [0, 0.05) is 16.8 Å². The molecule has 0 fully saturated rings. The molecule has 1 aromatic heterocycles. The molecule has 1 heterocycles. The van der Waals surface area contributed by atoms with E-state index in [2.05, 4.69) is 37.7 Å². The second-order valence-electron chi connectivity index (χ2n) is 4.59. The SMILES string of the molecule is Cc1nc(C(C)(C)C)nc(C)c1C. The van der Waals surface area contributed by atoms with Gasteiger partial charge in [0.1, 0.15) is 5.82 Å². The molecule has 0 spiro atoms. The van der Waals surface area contributed by atoms with Crippen molar-refractivity contribution in [2.24, 2.45) is 0 Å². The summed E-state index contributed by atoms with van der Waals surface area (Å²) in [5.41, 5.74) is 3.44. The van der Waals surface area contributed by atoms with Crippen molar-refractivity contribution in [1.29, 1.82) is 0 Å². The third kappa shape index (κ3) is 2.06. The van der Waals surface area contributed by atoms with Gasteiger partial charge < -0.3 is 0 Å². The summed E-state index contributed by atoms with van der Waals surface area (Å²) < 4.78 is 0. The number of aromatic nitrogens is 2. The molecule has 0 N–H and O–H groups in total. The molecule has 0 aromatic carbocycles. The molecule has 2 nitrogen and oxygen atoms in total. The number of aryl methyl sites for hydroxylation is 2. The number of hydrogen-bond acceptors (Lipinski definition) is 2. The minimum Gasteiger partial charge on any atom is -0.237 e. The van der Waals surface area contributed by atoms with E-state index in [1.807, 2.05) is 13.8 Å². The quantitative estimate of drug-likeness (QED) is 0.610. The highest BCUT2D eigenvalue weighted by Gasteiger charge is 2.18. The van der Waals surface area contributed by atoms with Crippen LogP contribution < -0.4 is 0 Å². The van der Waals surface area contributed by atoms with E-state index in [-0.39, 0.29) is 5.41 Å². The normalized spacial score (nSPS) is 11.8. The topological polar surface area (TPSA) is 25.8 Å². The van der Waals surface area contributed by atoms with E-state index in [0.717, 1.165) is 17.2 Å². The Balaban J connectivity index is 3.29. The fourth-order valence-electron chi connectivity index (χ4n) is 1.11. The number of rotatable bonds is 0. The van der Waals surface area contributed by atoms with Crippen LogP contribution in [0, 0.1) is 20.8 Å². The van der Waals surface area contributed by atoms with Gasteiger partial charge in [-0.2, -0.15) is 0 Å². The summed E-state index contributed by atoms with van der Waals surface area (Å²) >= 11 is 0. The molecule has 0 unspecified atom stereocenters. The van der Waals surface area contributed by atoms with E-state index in [1.165, 1.54) is 5.56 Å². The van der Waals surface area contributed by atoms with Gasteiger partial charge in [0.25, 0.3) is 0 Å². The zero-order chi connectivity index (χ0) is 10.2. The molecule has 0 aliphatic heterocycles. The van der Waals surface area contributed by atoms with Crippen LogP contribution in [0.5, 0.6) is 0 Å². The summed E-state index contributed by atoms with van der Waals surface area (Å²) in [7, 11) is 0. The van der Waals surface area contributed by atoms with E-state index in [4.69, 9.17) is 0 Å². The maximum Gasteiger partial charge on any atom is 0.134 e. The second kappa shape index (κ2) is 3.09. The van der Waals surface area contributed by atoms with Gasteiger partial charge in [0.2, 0.25) is 0 Å². The molecule has 2 heteroatoms. The van der Waals surface area contributed by atoms with Crippen molar-refractivity contribution in [1.82, 2.24) is 9.97 Å². The van der Waals surface area contributed by atoms with Crippen LogP contribution in [0.2, 0.25) is 0 Å². The molecule has 0 aliphatic carbocycles. The largest absolute Gasteiger partial charge is 0.237 e. The van der Waals surface area contributed by atoms with Crippen molar-refractivity contribution >= 4 is 0 Å². The smallest absolute Gasteiger partial charge is 0.134 e. The van der Waals surface area contributed by atoms with Gasteiger partial charge >= 0.3 is 0 Å². The third-order valence-electron chi connectivity index (χ3n) is 2.30.